The van der Waals surface area contributed by atoms with Gasteiger partial charge in [0.2, 0.25) is 0 Å². The molecule has 0 spiro atoms. The van der Waals surface area contributed by atoms with Crippen LogP contribution in [0, 0.1) is 0 Å². The summed E-state index contributed by atoms with van der Waals surface area (Å²) in [4.78, 5) is 10.8. The second-order valence-corrected chi connectivity index (χ2v) is 3.09. The minimum atomic E-state index is -0.838. The summed E-state index contributed by atoms with van der Waals surface area (Å²) in [5.41, 5.74) is -0.215. The average molecular weight is 156 g/mol. The van der Waals surface area contributed by atoms with Crippen LogP contribution in [-0.4, -0.2) is 16.5 Å². The van der Waals surface area contributed by atoms with Crippen molar-refractivity contribution >= 4 is 5.78 Å². The quantitative estimate of drug-likeness (QED) is 0.631. The van der Waals surface area contributed by atoms with E-state index < -0.39 is 5.60 Å². The summed E-state index contributed by atoms with van der Waals surface area (Å²) >= 11 is 0. The van der Waals surface area contributed by atoms with Crippen LogP contribution in [0.4, 0.5) is 0 Å². The predicted octanol–water partition coefficient (Wildman–Crippen LogP) is 1.68. The normalized spacial score (nSPS) is 17.7. The van der Waals surface area contributed by atoms with E-state index in [1.54, 1.807) is 19.9 Å². The first-order valence-electron chi connectivity index (χ1n) is 3.82. The maximum absolute atomic E-state index is 10.8. The summed E-state index contributed by atoms with van der Waals surface area (Å²) < 4.78 is 0. The summed E-state index contributed by atoms with van der Waals surface area (Å²) in [6, 6.07) is 0. The molecule has 1 N–H and O–H groups in total. The molecule has 0 saturated heterocycles. The van der Waals surface area contributed by atoms with Crippen LogP contribution in [0.15, 0.2) is 11.6 Å². The third-order valence-electron chi connectivity index (χ3n) is 1.80. The van der Waals surface area contributed by atoms with E-state index in [0.717, 1.165) is 0 Å². The van der Waals surface area contributed by atoms with Gasteiger partial charge in [-0.15, -0.1) is 0 Å². The van der Waals surface area contributed by atoms with E-state index in [2.05, 4.69) is 0 Å². The minimum absolute atomic E-state index is 0.0127. The molecule has 0 rings (SSSR count). The van der Waals surface area contributed by atoms with Gasteiger partial charge in [0.15, 0.2) is 5.78 Å². The van der Waals surface area contributed by atoms with Gasteiger partial charge in [-0.05, 0) is 38.8 Å². The SMILES string of the molecule is CCC(C)(O)C=C(C)C(C)=O. The number of hydrogen-bond acceptors (Lipinski definition) is 2. The van der Waals surface area contributed by atoms with E-state index in [-0.39, 0.29) is 5.78 Å². The molecule has 2 nitrogen and oxygen atoms in total. The second-order valence-electron chi connectivity index (χ2n) is 3.09. The van der Waals surface area contributed by atoms with Crippen molar-refractivity contribution in [3.63, 3.8) is 0 Å². The van der Waals surface area contributed by atoms with Crippen molar-refractivity contribution in [1.29, 1.82) is 0 Å². The van der Waals surface area contributed by atoms with Gasteiger partial charge in [-0.1, -0.05) is 6.92 Å². The standard InChI is InChI=1S/C9H16O2/c1-5-9(4,11)6-7(2)8(3)10/h6,11H,5H2,1-4H3. The van der Waals surface area contributed by atoms with E-state index >= 15 is 0 Å². The van der Waals surface area contributed by atoms with Crippen molar-refractivity contribution < 1.29 is 9.90 Å². The fourth-order valence-electron chi connectivity index (χ4n) is 0.670. The molecule has 0 aromatic rings. The van der Waals surface area contributed by atoms with Gasteiger partial charge in [-0.2, -0.15) is 0 Å². The van der Waals surface area contributed by atoms with E-state index in [1.807, 2.05) is 6.92 Å². The molecule has 0 aliphatic carbocycles. The summed E-state index contributed by atoms with van der Waals surface area (Å²) in [6.07, 6.45) is 2.23. The molecule has 0 radical (unpaired) electrons. The van der Waals surface area contributed by atoms with E-state index in [0.29, 0.717) is 12.0 Å². The zero-order valence-electron chi connectivity index (χ0n) is 7.64. The summed E-state index contributed by atoms with van der Waals surface area (Å²) in [6.45, 7) is 6.79. The molecule has 0 saturated carbocycles. The number of allylic oxidation sites excluding steroid dienone is 1. The molecule has 1 atom stereocenters. The van der Waals surface area contributed by atoms with Crippen molar-refractivity contribution in [2.75, 3.05) is 0 Å². The number of carbonyl (C=O) groups excluding carboxylic acids is 1. The highest BCUT2D eigenvalue weighted by atomic mass is 16.3. The zero-order chi connectivity index (χ0) is 9.07. The van der Waals surface area contributed by atoms with E-state index in [1.165, 1.54) is 6.92 Å². The number of hydrogen-bond donors (Lipinski definition) is 1. The maximum Gasteiger partial charge on any atom is 0.155 e. The summed E-state index contributed by atoms with van der Waals surface area (Å²) in [7, 11) is 0. The Morgan fingerprint density at radius 2 is 2.00 bits per heavy atom. The van der Waals surface area contributed by atoms with Gasteiger partial charge in [0.05, 0.1) is 5.60 Å². The lowest BCUT2D eigenvalue weighted by Gasteiger charge is -2.16. The molecule has 0 amide bonds. The first-order chi connectivity index (χ1) is 4.89. The van der Waals surface area contributed by atoms with Gasteiger partial charge in [0, 0.05) is 0 Å². The molecular formula is C9H16O2. The van der Waals surface area contributed by atoms with Crippen molar-refractivity contribution in [1.82, 2.24) is 0 Å². The molecule has 1 unspecified atom stereocenters. The average Bonchev–Trinajstić information content (AvgIpc) is 1.87. The van der Waals surface area contributed by atoms with Gasteiger partial charge < -0.3 is 5.11 Å². The number of Topliss-reactive ketones (excluding diaryl/α,β-unsaturated/α-hetero) is 1. The smallest absolute Gasteiger partial charge is 0.155 e. The number of carbonyl (C=O) groups is 1. The van der Waals surface area contributed by atoms with Crippen molar-refractivity contribution in [3.8, 4) is 0 Å². The van der Waals surface area contributed by atoms with Crippen LogP contribution in [-0.2, 0) is 4.79 Å². The fraction of sp³-hybridized carbons (Fsp3) is 0.667. The largest absolute Gasteiger partial charge is 0.386 e. The fourth-order valence-corrected chi connectivity index (χ4v) is 0.670. The van der Waals surface area contributed by atoms with Crippen LogP contribution >= 0.6 is 0 Å². The molecule has 0 aliphatic rings. The lowest BCUT2D eigenvalue weighted by atomic mass is 9.99. The number of rotatable bonds is 3. The van der Waals surface area contributed by atoms with Gasteiger partial charge >= 0.3 is 0 Å². The molecule has 2 heteroatoms. The highest BCUT2D eigenvalue weighted by Crippen LogP contribution is 2.13. The third kappa shape index (κ3) is 3.94. The van der Waals surface area contributed by atoms with Gasteiger partial charge in [0.1, 0.15) is 0 Å². The minimum Gasteiger partial charge on any atom is -0.386 e. The van der Waals surface area contributed by atoms with Gasteiger partial charge in [-0.3, -0.25) is 4.79 Å². The first kappa shape index (κ1) is 10.4. The Hall–Kier alpha value is -0.630. The Kier molecular flexibility index (Phi) is 3.46. The highest BCUT2D eigenvalue weighted by Gasteiger charge is 2.14. The third-order valence-corrected chi connectivity index (χ3v) is 1.80. The highest BCUT2D eigenvalue weighted by molar-refractivity contribution is 5.92. The zero-order valence-corrected chi connectivity index (χ0v) is 7.64. The Morgan fingerprint density at radius 3 is 2.27 bits per heavy atom. The molecule has 0 aliphatic heterocycles. The lowest BCUT2D eigenvalue weighted by molar-refractivity contribution is -0.113. The van der Waals surface area contributed by atoms with Crippen LogP contribution in [0.3, 0.4) is 0 Å². The molecule has 0 bridgehead atoms. The molecule has 64 valence electrons. The van der Waals surface area contributed by atoms with Crippen molar-refractivity contribution in [2.24, 2.45) is 0 Å². The van der Waals surface area contributed by atoms with Crippen molar-refractivity contribution in [3.05, 3.63) is 11.6 Å². The summed E-state index contributed by atoms with van der Waals surface area (Å²) in [5.74, 6) is 0.0127. The van der Waals surface area contributed by atoms with Crippen LogP contribution in [0.25, 0.3) is 0 Å². The predicted molar refractivity (Wildman–Crippen MR) is 45.4 cm³/mol. The molecular weight excluding hydrogens is 140 g/mol. The first-order valence-corrected chi connectivity index (χ1v) is 3.82. The van der Waals surface area contributed by atoms with Crippen LogP contribution in [0.1, 0.15) is 34.1 Å². The monoisotopic (exact) mass is 156 g/mol. The van der Waals surface area contributed by atoms with Crippen LogP contribution in [0.5, 0.6) is 0 Å². The molecule has 0 aromatic heterocycles. The molecule has 0 heterocycles. The topological polar surface area (TPSA) is 37.3 Å². The van der Waals surface area contributed by atoms with Crippen LogP contribution in [0.2, 0.25) is 0 Å². The number of ketones is 1. The maximum atomic E-state index is 10.8. The Bertz CT molecular complexity index is 178. The van der Waals surface area contributed by atoms with Crippen LogP contribution < -0.4 is 0 Å². The van der Waals surface area contributed by atoms with Crippen molar-refractivity contribution in [2.45, 2.75) is 39.7 Å². The molecule has 11 heavy (non-hydrogen) atoms. The Labute approximate surface area is 67.9 Å². The lowest BCUT2D eigenvalue weighted by Crippen LogP contribution is -2.20. The van der Waals surface area contributed by atoms with Gasteiger partial charge in [0.25, 0.3) is 0 Å². The molecule has 0 aromatic carbocycles. The Balaban J connectivity index is 4.41. The summed E-state index contributed by atoms with van der Waals surface area (Å²) in [5, 5.41) is 9.51. The van der Waals surface area contributed by atoms with E-state index in [9.17, 15) is 9.90 Å². The second kappa shape index (κ2) is 3.67. The molecule has 0 fully saturated rings. The number of aliphatic hydroxyl groups is 1. The van der Waals surface area contributed by atoms with E-state index in [4.69, 9.17) is 0 Å². The Morgan fingerprint density at radius 1 is 1.55 bits per heavy atom. The van der Waals surface area contributed by atoms with Gasteiger partial charge in [-0.25, -0.2) is 0 Å².